The number of aliphatic hydroxyl groups is 2. The molecule has 2 saturated heterocycles. The minimum atomic E-state index is 0.261. The van der Waals surface area contributed by atoms with Crippen molar-refractivity contribution in [3.63, 3.8) is 0 Å². The van der Waals surface area contributed by atoms with Gasteiger partial charge in [-0.25, -0.2) is 4.99 Å². The van der Waals surface area contributed by atoms with E-state index in [4.69, 9.17) is 40.1 Å². The number of aldehydes is 1. The van der Waals surface area contributed by atoms with E-state index in [-0.39, 0.29) is 6.04 Å². The molecule has 1 aromatic carbocycles. The first-order valence-corrected chi connectivity index (χ1v) is 37.0. The van der Waals surface area contributed by atoms with Crippen molar-refractivity contribution in [2.24, 2.45) is 21.6 Å². The van der Waals surface area contributed by atoms with Crippen molar-refractivity contribution in [1.29, 1.82) is 0 Å². The van der Waals surface area contributed by atoms with Gasteiger partial charge in [-0.2, -0.15) is 0 Å². The van der Waals surface area contributed by atoms with E-state index in [0.717, 1.165) is 185 Å². The average Bonchev–Trinajstić information content (AvgIpc) is 0.847. The van der Waals surface area contributed by atoms with Gasteiger partial charge in [-0.1, -0.05) is 191 Å². The maximum atomic E-state index is 11.0. The second-order valence-electron chi connectivity index (χ2n) is 25.8. The standard InChI is InChI=1S/C32H45N5.C17H30N4O.C12H26O3.C8H15N.2C4H10.C2H6.2CH4O/c1-6-28-21-29(25(28)5)22-37-17-15-36(16-18-37)14-8-9-26-10-12-27(13-11-26)20-30(31(33)7-2)32-34-23(3)19-24(4)35-32;1-6-7-18-12-20(10-16(2)3)14-19(8-9-22)15-21(13-18)11-17(4)5;1-3-5-7-13-9-11-15-12-10-14-8-6-4-2;1-4-8(9(2)3)6-5-7-8;2*1-3-4-2;3*1-2/h6,8-13,23,28H,1,7,14-22,33H2,2-5H3;6,9H,1-2,4,7-8,10-15H2,3,5H3;3-12H2,1-2H3;4H,1,5-7H2,2-3H3;2*3-4H2,1-2H3;1-2H3;2*2H,1H3/b9-8+,31-30-;;;;;;;;. The van der Waals surface area contributed by atoms with Gasteiger partial charge in [-0.05, 0) is 105 Å². The molecule has 0 radical (unpaired) electrons. The summed E-state index contributed by atoms with van der Waals surface area (Å²) < 4.78 is 16.1. The molecule has 3 heterocycles. The molecule has 1 saturated carbocycles. The number of piperazine rings is 1. The summed E-state index contributed by atoms with van der Waals surface area (Å²) in [4.78, 5) is 37.1. The first-order valence-electron chi connectivity index (χ1n) is 37.0. The summed E-state index contributed by atoms with van der Waals surface area (Å²) in [7, 11) is 6.25. The molecule has 0 spiro atoms. The van der Waals surface area contributed by atoms with Crippen molar-refractivity contribution in [3.05, 3.63) is 126 Å². The largest absolute Gasteiger partial charge is 0.402 e. The average molecular weight is 1360 g/mol. The fraction of sp³-hybridized carbons (Fsp3) is 0.691. The lowest BCUT2D eigenvalue weighted by atomic mass is 9.76. The zero-order chi connectivity index (χ0) is 73.8. The number of aliphatic imine (C=N–C) groups is 2. The van der Waals surface area contributed by atoms with Crippen LogP contribution >= 0.6 is 0 Å². The molecule has 6 rings (SSSR count). The van der Waals surface area contributed by atoms with Crippen molar-refractivity contribution in [2.45, 2.75) is 205 Å². The quantitative estimate of drug-likeness (QED) is 0.0340. The minimum Gasteiger partial charge on any atom is -0.402 e. The number of likely N-dealkylation sites (N-methyl/N-ethyl adjacent to an activating group) is 1. The van der Waals surface area contributed by atoms with E-state index in [0.29, 0.717) is 44.4 Å². The highest BCUT2D eigenvalue weighted by molar-refractivity contribution is 6.08. The first-order chi connectivity index (χ1) is 46.7. The smallest absolute Gasteiger partial charge is 0.152 e. The number of unbranched alkanes of at least 4 members (excludes halogenated alkanes) is 4. The van der Waals surface area contributed by atoms with E-state index in [1.54, 1.807) is 11.1 Å². The number of aliphatic hydroxyl groups excluding tert-OH is 2. The van der Waals surface area contributed by atoms with Gasteiger partial charge in [0.2, 0.25) is 0 Å². The Morgan fingerprint density at radius 1 is 0.670 bits per heavy atom. The summed E-state index contributed by atoms with van der Waals surface area (Å²) in [6.07, 6.45) is 29.2. The number of hydrogen-bond donors (Lipinski definition) is 3. The molecule has 5 aliphatic rings. The molecule has 3 aliphatic heterocycles. The van der Waals surface area contributed by atoms with Gasteiger partial charge in [0, 0.05) is 128 Å². The molecule has 0 aromatic heterocycles. The molecule has 97 heavy (non-hydrogen) atoms. The predicted octanol–water partition coefficient (Wildman–Crippen LogP) is 15.4. The Bertz CT molecular complexity index is 2250. The number of hydrogen-bond acceptors (Lipinski definition) is 16. The SMILES string of the molecule is C=CC1(N(C)C)CCC1.C=CC1CC(CN2CCN(C/C=C/c3ccc(C/C(C4=NC(C)CC(C)=N4)=C(/N)CC)cc3)CC2)=C1C.C=CCN1CN(CC(=C)C)CN(CC=O)CN(CC(=C)C)C1.CC.CCCC.CCCC.CCCCOCCOCCOCCCC.CO.CO. The normalized spacial score (nSPS) is 18.2. The Morgan fingerprint density at radius 3 is 1.51 bits per heavy atom. The number of ether oxygens (including phenoxy) is 3. The molecular weight excluding hydrogens is 1210 g/mol. The number of nitrogens with zero attached hydrogens (tertiary/aromatic N) is 9. The van der Waals surface area contributed by atoms with Gasteiger partial charge in [0.15, 0.2) is 5.84 Å². The van der Waals surface area contributed by atoms with Crippen molar-refractivity contribution >= 4 is 23.9 Å². The van der Waals surface area contributed by atoms with E-state index in [9.17, 15) is 4.79 Å². The highest BCUT2D eigenvalue weighted by Gasteiger charge is 2.35. The van der Waals surface area contributed by atoms with Crippen LogP contribution in [0.3, 0.4) is 0 Å². The van der Waals surface area contributed by atoms with Crippen LogP contribution in [0.5, 0.6) is 0 Å². The zero-order valence-electron chi connectivity index (χ0n) is 65.8. The van der Waals surface area contributed by atoms with Gasteiger partial charge in [0.05, 0.1) is 65.7 Å². The van der Waals surface area contributed by atoms with Crippen LogP contribution in [0, 0.1) is 5.92 Å². The van der Waals surface area contributed by atoms with Gasteiger partial charge >= 0.3 is 0 Å². The summed E-state index contributed by atoms with van der Waals surface area (Å²) in [5.74, 6) is 1.44. The van der Waals surface area contributed by atoms with E-state index >= 15 is 0 Å². The third kappa shape index (κ3) is 45.8. The molecule has 16 nitrogen and oxygen atoms in total. The summed E-state index contributed by atoms with van der Waals surface area (Å²) in [6, 6.07) is 9.08. The Labute approximate surface area is 597 Å². The maximum absolute atomic E-state index is 11.0. The van der Waals surface area contributed by atoms with E-state index in [2.05, 4.69) is 199 Å². The lowest BCUT2D eigenvalue weighted by Gasteiger charge is -2.44. The van der Waals surface area contributed by atoms with Gasteiger partial charge in [0.1, 0.15) is 6.29 Å². The van der Waals surface area contributed by atoms with Gasteiger partial charge in [0.25, 0.3) is 0 Å². The number of carbonyl (C=O) groups excluding carboxylic acids is 1. The third-order valence-electron chi connectivity index (χ3n) is 16.9. The van der Waals surface area contributed by atoms with E-state index in [1.807, 2.05) is 33.8 Å². The summed E-state index contributed by atoms with van der Waals surface area (Å²) >= 11 is 0. The number of carbonyl (C=O) groups is 1. The van der Waals surface area contributed by atoms with Crippen LogP contribution in [-0.4, -0.2) is 234 Å². The van der Waals surface area contributed by atoms with Crippen LogP contribution in [0.4, 0.5) is 0 Å². The second kappa shape index (κ2) is 63.6. The van der Waals surface area contributed by atoms with Crippen LogP contribution in [0.25, 0.3) is 6.08 Å². The third-order valence-corrected chi connectivity index (χ3v) is 16.9. The number of amidine groups is 1. The van der Waals surface area contributed by atoms with Crippen molar-refractivity contribution in [3.8, 4) is 0 Å². The number of benzene rings is 1. The summed E-state index contributed by atoms with van der Waals surface area (Å²) in [5.41, 5.74) is 17.8. The van der Waals surface area contributed by atoms with Crippen molar-refractivity contribution in [1.82, 2.24) is 34.3 Å². The van der Waals surface area contributed by atoms with Crippen LogP contribution in [0.15, 0.2) is 125 Å². The van der Waals surface area contributed by atoms with Crippen LogP contribution in [-0.2, 0) is 25.4 Å². The van der Waals surface area contributed by atoms with Crippen molar-refractivity contribution in [2.75, 3.05) is 160 Å². The molecule has 0 amide bonds. The molecule has 3 fully saturated rings. The molecular formula is C81H150N10O6. The summed E-state index contributed by atoms with van der Waals surface area (Å²) in [5, 5.41) is 14.0. The highest BCUT2D eigenvalue weighted by atomic mass is 16.5. The lowest BCUT2D eigenvalue weighted by Crippen LogP contribution is -2.55. The lowest BCUT2D eigenvalue weighted by molar-refractivity contribution is -0.111. The Balaban J connectivity index is -0.00000125. The fourth-order valence-corrected chi connectivity index (χ4v) is 10.7. The van der Waals surface area contributed by atoms with Gasteiger partial charge < -0.3 is 39.9 Å². The van der Waals surface area contributed by atoms with Crippen LogP contribution in [0.2, 0.25) is 0 Å². The molecule has 2 unspecified atom stereocenters. The zero-order valence-corrected chi connectivity index (χ0v) is 65.8. The molecule has 1 aromatic rings. The topological polar surface area (TPSA) is 159 Å². The number of nitrogens with two attached hydrogens (primary N) is 1. The fourth-order valence-electron chi connectivity index (χ4n) is 10.7. The Kier molecular flexibility index (Phi) is 63.4. The van der Waals surface area contributed by atoms with Crippen molar-refractivity contribution < 1.29 is 29.2 Å². The second-order valence-corrected chi connectivity index (χ2v) is 25.8. The van der Waals surface area contributed by atoms with E-state index < -0.39 is 0 Å². The molecule has 16 heteroatoms. The monoisotopic (exact) mass is 1360 g/mol. The Morgan fingerprint density at radius 2 is 1.14 bits per heavy atom. The van der Waals surface area contributed by atoms with Crippen LogP contribution in [0.1, 0.15) is 198 Å². The number of allylic oxidation sites excluding steroid dienone is 3. The highest BCUT2D eigenvalue weighted by Crippen LogP contribution is 2.37. The van der Waals surface area contributed by atoms with E-state index in [1.165, 1.54) is 75.3 Å². The minimum absolute atomic E-state index is 0.261. The summed E-state index contributed by atoms with van der Waals surface area (Å²) in [6.45, 7) is 66.7. The van der Waals surface area contributed by atoms with Crippen LogP contribution < -0.4 is 5.73 Å². The molecule has 2 atom stereocenters. The first kappa shape index (κ1) is 96.7. The van der Waals surface area contributed by atoms with Gasteiger partial charge in [-0.15, -0.1) is 19.7 Å². The molecule has 4 N–H and O–H groups in total. The molecule has 560 valence electrons. The number of rotatable bonds is 34. The molecule has 0 bridgehead atoms. The van der Waals surface area contributed by atoms with Gasteiger partial charge in [-0.3, -0.25) is 34.4 Å². The Hall–Kier alpha value is -4.53. The molecule has 2 aliphatic carbocycles. The maximum Gasteiger partial charge on any atom is 0.152 e. The predicted molar refractivity (Wildman–Crippen MR) is 423 cm³/mol.